The van der Waals surface area contributed by atoms with E-state index >= 15 is 0 Å². The molecule has 3 rings (SSSR count). The highest BCUT2D eigenvalue weighted by Gasteiger charge is 2.28. The van der Waals surface area contributed by atoms with E-state index in [1.54, 1.807) is 14.2 Å². The molecule has 1 heterocycles. The number of carbonyl (C=O) groups is 1. The van der Waals surface area contributed by atoms with E-state index in [1.165, 1.54) is 18.5 Å². The standard InChI is InChI=1S/C20H26N2O3/c1-13-11-17(14(2)22(13)16-6-7-16)20(23)21-10-9-15-5-8-18(24-3)19(12-15)25-4/h5,8,11-12,16H,6-7,9-10H2,1-4H3,(H,21,23). The molecular formula is C20H26N2O3. The van der Waals surface area contributed by atoms with E-state index in [4.69, 9.17) is 9.47 Å². The Morgan fingerprint density at radius 3 is 2.52 bits per heavy atom. The predicted octanol–water partition coefficient (Wildman–Crippen LogP) is 3.43. The van der Waals surface area contributed by atoms with Crippen LogP contribution in [0, 0.1) is 13.8 Å². The van der Waals surface area contributed by atoms with Crippen LogP contribution in [0.4, 0.5) is 0 Å². The van der Waals surface area contributed by atoms with E-state index in [1.807, 2.05) is 31.2 Å². The Bertz CT molecular complexity index is 775. The number of hydrogen-bond acceptors (Lipinski definition) is 3. The van der Waals surface area contributed by atoms with Gasteiger partial charge in [0.15, 0.2) is 11.5 Å². The van der Waals surface area contributed by atoms with Crippen molar-refractivity contribution in [1.82, 2.24) is 9.88 Å². The van der Waals surface area contributed by atoms with Crippen molar-refractivity contribution in [2.45, 2.75) is 39.2 Å². The van der Waals surface area contributed by atoms with Crippen LogP contribution in [0.25, 0.3) is 0 Å². The van der Waals surface area contributed by atoms with Gasteiger partial charge in [-0.05, 0) is 56.9 Å². The van der Waals surface area contributed by atoms with Gasteiger partial charge in [0.25, 0.3) is 5.91 Å². The Labute approximate surface area is 148 Å². The molecule has 1 aliphatic carbocycles. The fourth-order valence-electron chi connectivity index (χ4n) is 3.35. The largest absolute Gasteiger partial charge is 0.493 e. The maximum atomic E-state index is 12.5. The summed E-state index contributed by atoms with van der Waals surface area (Å²) < 4.78 is 12.9. The SMILES string of the molecule is COc1ccc(CCNC(=O)c2cc(C)n(C3CC3)c2C)cc1OC. The topological polar surface area (TPSA) is 52.5 Å². The zero-order valence-corrected chi connectivity index (χ0v) is 15.4. The van der Waals surface area contributed by atoms with E-state index in [0.717, 1.165) is 23.2 Å². The summed E-state index contributed by atoms with van der Waals surface area (Å²) in [7, 11) is 3.24. The van der Waals surface area contributed by atoms with Gasteiger partial charge in [0, 0.05) is 24.0 Å². The summed E-state index contributed by atoms with van der Waals surface area (Å²) >= 11 is 0. The highest BCUT2D eigenvalue weighted by molar-refractivity contribution is 5.95. The molecule has 0 unspecified atom stereocenters. The van der Waals surface area contributed by atoms with E-state index in [2.05, 4.69) is 16.8 Å². The van der Waals surface area contributed by atoms with Crippen LogP contribution in [0.15, 0.2) is 24.3 Å². The number of ether oxygens (including phenoxy) is 2. The molecule has 0 bridgehead atoms. The Balaban J connectivity index is 1.61. The van der Waals surface area contributed by atoms with Gasteiger partial charge in [-0.15, -0.1) is 0 Å². The smallest absolute Gasteiger partial charge is 0.253 e. The number of carbonyl (C=O) groups excluding carboxylic acids is 1. The lowest BCUT2D eigenvalue weighted by atomic mass is 10.1. The van der Waals surface area contributed by atoms with Crippen LogP contribution in [0.1, 0.15) is 46.2 Å². The summed E-state index contributed by atoms with van der Waals surface area (Å²) in [5.41, 5.74) is 4.13. The molecule has 134 valence electrons. The van der Waals surface area contributed by atoms with Crippen LogP contribution in [0.2, 0.25) is 0 Å². The first-order chi connectivity index (χ1) is 12.0. The number of amides is 1. The van der Waals surface area contributed by atoms with Gasteiger partial charge in [-0.2, -0.15) is 0 Å². The van der Waals surface area contributed by atoms with E-state index in [9.17, 15) is 4.79 Å². The van der Waals surface area contributed by atoms with Gasteiger partial charge in [-0.25, -0.2) is 0 Å². The normalized spacial score (nSPS) is 13.6. The highest BCUT2D eigenvalue weighted by Crippen LogP contribution is 2.38. The maximum Gasteiger partial charge on any atom is 0.253 e. The molecule has 0 atom stereocenters. The molecule has 1 aromatic carbocycles. The second-order valence-electron chi connectivity index (χ2n) is 6.58. The number of nitrogens with one attached hydrogen (secondary N) is 1. The number of aromatic nitrogens is 1. The first kappa shape index (κ1) is 17.4. The quantitative estimate of drug-likeness (QED) is 0.839. The van der Waals surface area contributed by atoms with Gasteiger partial charge in [0.2, 0.25) is 0 Å². The molecule has 0 aliphatic heterocycles. The van der Waals surface area contributed by atoms with Crippen LogP contribution < -0.4 is 14.8 Å². The average Bonchev–Trinajstić information content (AvgIpc) is 3.39. The lowest BCUT2D eigenvalue weighted by Gasteiger charge is -2.10. The monoisotopic (exact) mass is 342 g/mol. The molecule has 0 saturated heterocycles. The average molecular weight is 342 g/mol. The van der Waals surface area contributed by atoms with Gasteiger partial charge in [0.1, 0.15) is 0 Å². The Morgan fingerprint density at radius 2 is 1.88 bits per heavy atom. The third-order valence-corrected chi connectivity index (χ3v) is 4.79. The van der Waals surface area contributed by atoms with E-state index < -0.39 is 0 Å². The maximum absolute atomic E-state index is 12.5. The van der Waals surface area contributed by atoms with Gasteiger partial charge in [-0.3, -0.25) is 4.79 Å². The molecule has 0 radical (unpaired) electrons. The zero-order valence-electron chi connectivity index (χ0n) is 15.4. The van der Waals surface area contributed by atoms with Crippen LogP contribution in [-0.2, 0) is 6.42 Å². The van der Waals surface area contributed by atoms with Crippen LogP contribution in [0.5, 0.6) is 11.5 Å². The molecule has 25 heavy (non-hydrogen) atoms. The van der Waals surface area contributed by atoms with E-state index in [0.29, 0.717) is 24.1 Å². The third-order valence-electron chi connectivity index (χ3n) is 4.79. The number of nitrogens with zero attached hydrogens (tertiary/aromatic N) is 1. The van der Waals surface area contributed by atoms with Gasteiger partial charge in [-0.1, -0.05) is 6.07 Å². The molecule has 0 spiro atoms. The van der Waals surface area contributed by atoms with E-state index in [-0.39, 0.29) is 5.91 Å². The number of methoxy groups -OCH3 is 2. The highest BCUT2D eigenvalue weighted by atomic mass is 16.5. The molecule has 1 saturated carbocycles. The summed E-state index contributed by atoms with van der Waals surface area (Å²) in [4.78, 5) is 12.5. The van der Waals surface area contributed by atoms with Crippen molar-refractivity contribution in [3.8, 4) is 11.5 Å². The third kappa shape index (κ3) is 3.65. The second kappa shape index (κ2) is 7.21. The van der Waals surface area contributed by atoms with Gasteiger partial charge >= 0.3 is 0 Å². The number of hydrogen-bond donors (Lipinski definition) is 1. The van der Waals surface area contributed by atoms with Crippen molar-refractivity contribution in [3.05, 3.63) is 46.8 Å². The van der Waals surface area contributed by atoms with Crippen molar-refractivity contribution < 1.29 is 14.3 Å². The fourth-order valence-corrected chi connectivity index (χ4v) is 3.35. The molecular weight excluding hydrogens is 316 g/mol. The minimum atomic E-state index is 0.000441. The summed E-state index contributed by atoms with van der Waals surface area (Å²) in [5.74, 6) is 1.42. The van der Waals surface area contributed by atoms with Gasteiger partial charge in [0.05, 0.1) is 19.8 Å². The van der Waals surface area contributed by atoms with Gasteiger partial charge < -0.3 is 19.4 Å². The molecule has 1 aliphatic rings. The van der Waals surface area contributed by atoms with Crippen molar-refractivity contribution in [3.63, 3.8) is 0 Å². The Morgan fingerprint density at radius 1 is 1.16 bits per heavy atom. The summed E-state index contributed by atoms with van der Waals surface area (Å²) in [5, 5.41) is 3.03. The van der Waals surface area contributed by atoms with Crippen molar-refractivity contribution >= 4 is 5.91 Å². The summed E-state index contributed by atoms with van der Waals surface area (Å²) in [6.45, 7) is 4.70. The Hall–Kier alpha value is -2.43. The molecule has 1 aromatic heterocycles. The number of benzene rings is 1. The lowest BCUT2D eigenvalue weighted by Crippen LogP contribution is -2.26. The lowest BCUT2D eigenvalue weighted by molar-refractivity contribution is 0.0953. The van der Waals surface area contributed by atoms with Crippen molar-refractivity contribution in [1.29, 1.82) is 0 Å². The molecule has 5 nitrogen and oxygen atoms in total. The molecule has 1 amide bonds. The molecule has 1 fully saturated rings. The van der Waals surface area contributed by atoms with Crippen LogP contribution >= 0.6 is 0 Å². The molecule has 2 aromatic rings. The second-order valence-corrected chi connectivity index (χ2v) is 6.58. The van der Waals surface area contributed by atoms with Crippen LogP contribution in [0.3, 0.4) is 0 Å². The summed E-state index contributed by atoms with van der Waals surface area (Å²) in [6, 6.07) is 8.42. The van der Waals surface area contributed by atoms with Crippen molar-refractivity contribution in [2.75, 3.05) is 20.8 Å². The summed E-state index contributed by atoms with van der Waals surface area (Å²) in [6.07, 6.45) is 3.18. The minimum Gasteiger partial charge on any atom is -0.493 e. The Kier molecular flexibility index (Phi) is 5.02. The number of aryl methyl sites for hydroxylation is 1. The predicted molar refractivity (Wildman–Crippen MR) is 97.8 cm³/mol. The zero-order chi connectivity index (χ0) is 18.0. The number of rotatable bonds is 7. The van der Waals surface area contributed by atoms with Crippen molar-refractivity contribution in [2.24, 2.45) is 0 Å². The first-order valence-electron chi connectivity index (χ1n) is 8.72. The molecule has 1 N–H and O–H groups in total. The molecule has 5 heteroatoms. The minimum absolute atomic E-state index is 0.000441. The first-order valence-corrected chi connectivity index (χ1v) is 8.72. The van der Waals surface area contributed by atoms with Crippen LogP contribution in [-0.4, -0.2) is 31.2 Å². The fraction of sp³-hybridized carbons (Fsp3) is 0.450.